The van der Waals surface area contributed by atoms with Gasteiger partial charge in [0, 0.05) is 25.9 Å². The number of carbonyl (C=O) groups is 2. The van der Waals surface area contributed by atoms with Crippen molar-refractivity contribution in [1.29, 1.82) is 0 Å². The molecule has 5 heteroatoms. The molecular formula is C14H23NO4. The van der Waals surface area contributed by atoms with Crippen molar-refractivity contribution in [1.82, 2.24) is 4.90 Å². The topological polar surface area (TPSA) is 55.8 Å². The van der Waals surface area contributed by atoms with Crippen LogP contribution in [0.25, 0.3) is 0 Å². The van der Waals surface area contributed by atoms with Gasteiger partial charge < -0.3 is 14.4 Å². The van der Waals surface area contributed by atoms with Gasteiger partial charge in [-0.2, -0.15) is 0 Å². The molecule has 0 unspecified atom stereocenters. The summed E-state index contributed by atoms with van der Waals surface area (Å²) in [5, 5.41) is 0. The Bertz CT molecular complexity index is 360. The van der Waals surface area contributed by atoms with Crippen molar-refractivity contribution in [2.45, 2.75) is 46.1 Å². The minimum atomic E-state index is -0.526. The van der Waals surface area contributed by atoms with Crippen LogP contribution in [0.5, 0.6) is 0 Å². The third-order valence-electron chi connectivity index (χ3n) is 1.91. The Balaban J connectivity index is 3.98. The fourth-order valence-corrected chi connectivity index (χ4v) is 1.02. The quantitative estimate of drug-likeness (QED) is 0.446. The predicted octanol–water partition coefficient (Wildman–Crippen LogP) is 2.20. The number of nitrogens with zero attached hydrogens (tertiary/aromatic N) is 1. The minimum absolute atomic E-state index is 0.380. The SMILES string of the molecule is CCCOC(=O)C#CCCN(C)C(=O)OC(C)(C)C. The Labute approximate surface area is 115 Å². The van der Waals surface area contributed by atoms with Crippen LogP contribution in [0.4, 0.5) is 4.79 Å². The summed E-state index contributed by atoms with van der Waals surface area (Å²) >= 11 is 0. The molecule has 0 saturated carbocycles. The number of ether oxygens (including phenoxy) is 2. The molecule has 0 radical (unpaired) electrons. The van der Waals surface area contributed by atoms with E-state index < -0.39 is 17.7 Å². The first-order chi connectivity index (χ1) is 8.76. The summed E-state index contributed by atoms with van der Waals surface area (Å²) in [7, 11) is 1.63. The molecule has 0 fully saturated rings. The van der Waals surface area contributed by atoms with Crippen LogP contribution in [0, 0.1) is 11.8 Å². The van der Waals surface area contributed by atoms with Gasteiger partial charge in [-0.3, -0.25) is 0 Å². The van der Waals surface area contributed by atoms with Crippen LogP contribution in [0.15, 0.2) is 0 Å². The van der Waals surface area contributed by atoms with E-state index in [9.17, 15) is 9.59 Å². The van der Waals surface area contributed by atoms with Crippen molar-refractivity contribution >= 4 is 12.1 Å². The maximum Gasteiger partial charge on any atom is 0.410 e. The fourth-order valence-electron chi connectivity index (χ4n) is 1.02. The monoisotopic (exact) mass is 269 g/mol. The molecule has 0 aliphatic heterocycles. The molecule has 0 atom stereocenters. The Kier molecular flexibility index (Phi) is 7.66. The molecule has 0 spiro atoms. The van der Waals surface area contributed by atoms with Crippen molar-refractivity contribution in [2.75, 3.05) is 20.2 Å². The van der Waals surface area contributed by atoms with Crippen molar-refractivity contribution in [2.24, 2.45) is 0 Å². The number of amides is 1. The van der Waals surface area contributed by atoms with Crippen molar-refractivity contribution in [3.63, 3.8) is 0 Å². The molecule has 5 nitrogen and oxygen atoms in total. The van der Waals surface area contributed by atoms with Crippen LogP contribution in [0.3, 0.4) is 0 Å². The van der Waals surface area contributed by atoms with Crippen molar-refractivity contribution in [3.8, 4) is 11.8 Å². The lowest BCUT2D eigenvalue weighted by atomic mass is 10.2. The Morgan fingerprint density at radius 2 is 1.89 bits per heavy atom. The molecule has 0 aromatic carbocycles. The van der Waals surface area contributed by atoms with Crippen LogP contribution in [-0.4, -0.2) is 42.8 Å². The predicted molar refractivity (Wildman–Crippen MR) is 72.5 cm³/mol. The second kappa shape index (κ2) is 8.41. The first-order valence-electron chi connectivity index (χ1n) is 6.36. The lowest BCUT2D eigenvalue weighted by Crippen LogP contribution is -2.34. The van der Waals surface area contributed by atoms with Gasteiger partial charge >= 0.3 is 12.1 Å². The first-order valence-corrected chi connectivity index (χ1v) is 6.36. The molecule has 0 N–H and O–H groups in total. The van der Waals surface area contributed by atoms with Gasteiger partial charge in [-0.05, 0) is 27.2 Å². The van der Waals surface area contributed by atoms with Crippen LogP contribution in [-0.2, 0) is 14.3 Å². The molecule has 0 aromatic rings. The van der Waals surface area contributed by atoms with Crippen LogP contribution < -0.4 is 0 Å². The van der Waals surface area contributed by atoms with Gasteiger partial charge in [0.15, 0.2) is 0 Å². The molecule has 0 rings (SSSR count). The Morgan fingerprint density at radius 3 is 2.42 bits per heavy atom. The zero-order chi connectivity index (χ0) is 14.9. The van der Waals surface area contributed by atoms with E-state index in [2.05, 4.69) is 11.8 Å². The van der Waals surface area contributed by atoms with E-state index >= 15 is 0 Å². The van der Waals surface area contributed by atoms with Crippen molar-refractivity contribution in [3.05, 3.63) is 0 Å². The lowest BCUT2D eigenvalue weighted by Gasteiger charge is -2.24. The van der Waals surface area contributed by atoms with Gasteiger partial charge in [0.2, 0.25) is 0 Å². The highest BCUT2D eigenvalue weighted by atomic mass is 16.6. The highest BCUT2D eigenvalue weighted by Crippen LogP contribution is 2.08. The van der Waals surface area contributed by atoms with Gasteiger partial charge in [-0.15, -0.1) is 0 Å². The number of esters is 1. The van der Waals surface area contributed by atoms with Crippen molar-refractivity contribution < 1.29 is 19.1 Å². The molecule has 1 amide bonds. The molecule has 0 aromatic heterocycles. The molecule has 0 heterocycles. The molecule has 0 saturated heterocycles. The number of hydrogen-bond acceptors (Lipinski definition) is 4. The second-order valence-corrected chi connectivity index (χ2v) is 5.09. The average Bonchev–Trinajstić information content (AvgIpc) is 2.29. The normalized spacial score (nSPS) is 10.2. The van der Waals surface area contributed by atoms with Gasteiger partial charge in [0.1, 0.15) is 5.60 Å². The summed E-state index contributed by atoms with van der Waals surface area (Å²) in [6, 6.07) is 0. The molecule has 0 aliphatic rings. The minimum Gasteiger partial charge on any atom is -0.456 e. The zero-order valence-electron chi connectivity index (χ0n) is 12.4. The van der Waals surface area contributed by atoms with Gasteiger partial charge in [0.25, 0.3) is 0 Å². The number of rotatable bonds is 4. The van der Waals surface area contributed by atoms with Crippen LogP contribution >= 0.6 is 0 Å². The highest BCUT2D eigenvalue weighted by Gasteiger charge is 2.18. The first kappa shape index (κ1) is 17.3. The summed E-state index contributed by atoms with van der Waals surface area (Å²) in [4.78, 5) is 24.1. The van der Waals surface area contributed by atoms with Gasteiger partial charge in [0.05, 0.1) is 6.61 Å². The van der Waals surface area contributed by atoms with Gasteiger partial charge in [-0.25, -0.2) is 9.59 Å². The zero-order valence-corrected chi connectivity index (χ0v) is 12.4. The number of carbonyl (C=O) groups excluding carboxylic acids is 2. The molecule has 0 bridgehead atoms. The Hall–Kier alpha value is -1.70. The molecule has 19 heavy (non-hydrogen) atoms. The summed E-state index contributed by atoms with van der Waals surface area (Å²) in [5.74, 6) is 4.51. The second-order valence-electron chi connectivity index (χ2n) is 5.09. The highest BCUT2D eigenvalue weighted by molar-refractivity contribution is 5.88. The van der Waals surface area contributed by atoms with E-state index in [0.717, 1.165) is 6.42 Å². The number of hydrogen-bond donors (Lipinski definition) is 0. The summed E-state index contributed by atoms with van der Waals surface area (Å²) in [6.45, 7) is 8.12. The third-order valence-corrected chi connectivity index (χ3v) is 1.91. The van der Waals surface area contributed by atoms with E-state index in [1.807, 2.05) is 27.7 Å². The van der Waals surface area contributed by atoms with Gasteiger partial charge in [-0.1, -0.05) is 12.8 Å². The maximum absolute atomic E-state index is 11.6. The van der Waals surface area contributed by atoms with E-state index in [1.54, 1.807) is 7.05 Å². The third kappa shape index (κ3) is 9.95. The maximum atomic E-state index is 11.6. The standard InChI is InChI=1S/C14H23NO4/c1-6-11-18-12(16)9-7-8-10-15(5)13(17)19-14(2,3)4/h6,8,10-11H2,1-5H3. The van der Waals surface area contributed by atoms with Crippen LogP contribution in [0.2, 0.25) is 0 Å². The summed E-state index contributed by atoms with van der Waals surface area (Å²) < 4.78 is 9.97. The van der Waals surface area contributed by atoms with E-state index in [0.29, 0.717) is 19.6 Å². The van der Waals surface area contributed by atoms with E-state index in [4.69, 9.17) is 9.47 Å². The largest absolute Gasteiger partial charge is 0.456 e. The van der Waals surface area contributed by atoms with E-state index in [1.165, 1.54) is 4.90 Å². The Morgan fingerprint density at radius 1 is 1.26 bits per heavy atom. The molecule has 0 aliphatic carbocycles. The lowest BCUT2D eigenvalue weighted by molar-refractivity contribution is -0.136. The van der Waals surface area contributed by atoms with E-state index in [-0.39, 0.29) is 0 Å². The average molecular weight is 269 g/mol. The smallest absolute Gasteiger partial charge is 0.410 e. The molecular weight excluding hydrogens is 246 g/mol. The summed E-state index contributed by atoms with van der Waals surface area (Å²) in [6.07, 6.45) is 0.772. The summed E-state index contributed by atoms with van der Waals surface area (Å²) in [5.41, 5.74) is -0.513. The molecule has 108 valence electrons. The fraction of sp³-hybridized carbons (Fsp3) is 0.714. The van der Waals surface area contributed by atoms with Crippen LogP contribution in [0.1, 0.15) is 40.5 Å².